The number of rotatable bonds is 4. The van der Waals surface area contributed by atoms with Gasteiger partial charge in [-0.3, -0.25) is 0 Å². The van der Waals surface area contributed by atoms with Crippen LogP contribution in [0.5, 0.6) is 0 Å². The number of thiophene rings is 1. The van der Waals surface area contributed by atoms with E-state index in [0.29, 0.717) is 11.4 Å². The highest BCUT2D eigenvalue weighted by Gasteiger charge is 2.15. The first-order chi connectivity index (χ1) is 8.08. The number of aromatic nitrogens is 2. The Hall–Kier alpha value is -1.51. The molecule has 0 amide bonds. The SMILES string of the molecule is Nc1csc(S(=O)(=O)NCc2ccncn2)c1. The predicted octanol–water partition coefficient (Wildman–Crippen LogP) is 0.599. The second-order valence-corrected chi connectivity index (χ2v) is 6.13. The third kappa shape index (κ3) is 2.99. The Morgan fingerprint density at radius 2 is 2.29 bits per heavy atom. The largest absolute Gasteiger partial charge is 0.398 e. The smallest absolute Gasteiger partial charge is 0.250 e. The molecule has 0 aliphatic rings. The average molecular weight is 270 g/mol. The zero-order chi connectivity index (χ0) is 12.3. The van der Waals surface area contributed by atoms with Crippen molar-refractivity contribution in [2.24, 2.45) is 0 Å². The number of hydrogen-bond acceptors (Lipinski definition) is 6. The lowest BCUT2D eigenvalue weighted by atomic mass is 10.4. The third-order valence-electron chi connectivity index (χ3n) is 1.95. The van der Waals surface area contributed by atoms with Crippen LogP contribution in [0.4, 0.5) is 5.69 Å². The molecule has 0 saturated heterocycles. The van der Waals surface area contributed by atoms with Crippen molar-refractivity contribution in [2.45, 2.75) is 10.8 Å². The van der Waals surface area contributed by atoms with Gasteiger partial charge in [0.2, 0.25) is 10.0 Å². The number of nitrogens with zero attached hydrogens (tertiary/aromatic N) is 2. The number of anilines is 1. The summed E-state index contributed by atoms with van der Waals surface area (Å²) in [6.07, 6.45) is 2.92. The molecule has 0 saturated carbocycles. The van der Waals surface area contributed by atoms with Crippen molar-refractivity contribution in [3.63, 3.8) is 0 Å². The number of nitrogens with one attached hydrogen (secondary N) is 1. The van der Waals surface area contributed by atoms with Crippen LogP contribution in [0.1, 0.15) is 5.69 Å². The van der Waals surface area contributed by atoms with E-state index in [2.05, 4.69) is 14.7 Å². The lowest BCUT2D eigenvalue weighted by Gasteiger charge is -2.03. The molecule has 2 rings (SSSR count). The van der Waals surface area contributed by atoms with Gasteiger partial charge in [-0.2, -0.15) is 0 Å². The molecule has 3 N–H and O–H groups in total. The number of nitrogen functional groups attached to an aromatic ring is 1. The maximum atomic E-state index is 11.8. The van der Waals surface area contributed by atoms with Crippen molar-refractivity contribution >= 4 is 27.0 Å². The van der Waals surface area contributed by atoms with Crippen LogP contribution in [0.25, 0.3) is 0 Å². The molecule has 0 radical (unpaired) electrons. The van der Waals surface area contributed by atoms with Gasteiger partial charge in [0, 0.05) is 17.3 Å². The molecule has 2 aromatic rings. The van der Waals surface area contributed by atoms with Crippen LogP contribution >= 0.6 is 11.3 Å². The normalized spacial score (nSPS) is 11.5. The summed E-state index contributed by atoms with van der Waals surface area (Å²) in [7, 11) is -3.51. The zero-order valence-electron chi connectivity index (χ0n) is 8.70. The predicted molar refractivity (Wildman–Crippen MR) is 64.8 cm³/mol. The van der Waals surface area contributed by atoms with Crippen LogP contribution in [0.2, 0.25) is 0 Å². The molecule has 17 heavy (non-hydrogen) atoms. The lowest BCUT2D eigenvalue weighted by Crippen LogP contribution is -2.22. The van der Waals surface area contributed by atoms with Crippen molar-refractivity contribution in [1.82, 2.24) is 14.7 Å². The minimum absolute atomic E-state index is 0.128. The Morgan fingerprint density at radius 3 is 2.88 bits per heavy atom. The van der Waals surface area contributed by atoms with Crippen LogP contribution in [0, 0.1) is 0 Å². The highest BCUT2D eigenvalue weighted by molar-refractivity contribution is 7.91. The minimum atomic E-state index is -3.51. The highest BCUT2D eigenvalue weighted by Crippen LogP contribution is 2.21. The maximum absolute atomic E-state index is 11.8. The topological polar surface area (TPSA) is 98.0 Å². The fraction of sp³-hybridized carbons (Fsp3) is 0.111. The zero-order valence-corrected chi connectivity index (χ0v) is 10.3. The molecule has 0 aliphatic heterocycles. The van der Waals surface area contributed by atoms with Gasteiger partial charge in [0.05, 0.1) is 12.2 Å². The fourth-order valence-corrected chi connectivity index (χ4v) is 3.26. The molecule has 8 heteroatoms. The van der Waals surface area contributed by atoms with Crippen LogP contribution < -0.4 is 10.5 Å². The molecule has 0 fully saturated rings. The Balaban J connectivity index is 2.09. The Bertz CT molecular complexity index is 594. The van der Waals surface area contributed by atoms with Crippen molar-refractivity contribution in [3.05, 3.63) is 35.7 Å². The molecule has 2 heterocycles. The summed E-state index contributed by atoms with van der Waals surface area (Å²) < 4.78 is 26.3. The van der Waals surface area contributed by atoms with Crippen LogP contribution in [-0.4, -0.2) is 18.4 Å². The van der Waals surface area contributed by atoms with Gasteiger partial charge < -0.3 is 5.73 Å². The molecule has 0 aromatic carbocycles. The first-order valence-electron chi connectivity index (χ1n) is 4.66. The molecule has 0 bridgehead atoms. The van der Waals surface area contributed by atoms with E-state index in [9.17, 15) is 8.42 Å². The fourth-order valence-electron chi connectivity index (χ4n) is 1.13. The number of nitrogens with two attached hydrogens (primary N) is 1. The van der Waals surface area contributed by atoms with Crippen molar-refractivity contribution in [3.8, 4) is 0 Å². The highest BCUT2D eigenvalue weighted by atomic mass is 32.2. The average Bonchev–Trinajstić information content (AvgIpc) is 2.76. The molecule has 90 valence electrons. The van der Waals surface area contributed by atoms with Crippen LogP contribution in [0.15, 0.2) is 34.2 Å². The summed E-state index contributed by atoms with van der Waals surface area (Å²) in [4.78, 5) is 7.67. The van der Waals surface area contributed by atoms with E-state index in [1.54, 1.807) is 17.6 Å². The van der Waals surface area contributed by atoms with Gasteiger partial charge >= 0.3 is 0 Å². The van der Waals surface area contributed by atoms with Gasteiger partial charge in [-0.05, 0) is 12.1 Å². The lowest BCUT2D eigenvalue weighted by molar-refractivity contribution is 0.582. The van der Waals surface area contributed by atoms with E-state index >= 15 is 0 Å². The van der Waals surface area contributed by atoms with E-state index in [-0.39, 0.29) is 10.8 Å². The van der Waals surface area contributed by atoms with E-state index in [0.717, 1.165) is 11.3 Å². The van der Waals surface area contributed by atoms with Gasteiger partial charge in [0.15, 0.2) is 0 Å². The van der Waals surface area contributed by atoms with E-state index in [1.807, 2.05) is 0 Å². The molecule has 6 nitrogen and oxygen atoms in total. The summed E-state index contributed by atoms with van der Waals surface area (Å²) in [5, 5.41) is 1.58. The van der Waals surface area contributed by atoms with Gasteiger partial charge in [-0.25, -0.2) is 23.1 Å². The summed E-state index contributed by atoms with van der Waals surface area (Å²) in [5.41, 5.74) is 6.53. The van der Waals surface area contributed by atoms with Crippen LogP contribution in [0.3, 0.4) is 0 Å². The molecule has 0 atom stereocenters. The summed E-state index contributed by atoms with van der Waals surface area (Å²) >= 11 is 1.08. The minimum Gasteiger partial charge on any atom is -0.398 e. The quantitative estimate of drug-likeness (QED) is 0.847. The summed E-state index contributed by atoms with van der Waals surface area (Å²) in [6.45, 7) is 0.128. The van der Waals surface area contributed by atoms with Gasteiger partial charge in [-0.1, -0.05) is 0 Å². The van der Waals surface area contributed by atoms with Gasteiger partial charge in [0.1, 0.15) is 10.5 Å². The second kappa shape index (κ2) is 4.78. The molecule has 0 unspecified atom stereocenters. The van der Waals surface area contributed by atoms with Crippen molar-refractivity contribution in [2.75, 3.05) is 5.73 Å². The first-order valence-corrected chi connectivity index (χ1v) is 7.03. The Labute approximate surface area is 103 Å². The molecular weight excluding hydrogens is 260 g/mol. The van der Waals surface area contributed by atoms with E-state index in [1.165, 1.54) is 12.4 Å². The van der Waals surface area contributed by atoms with E-state index in [4.69, 9.17) is 5.73 Å². The monoisotopic (exact) mass is 270 g/mol. The standard InChI is InChI=1S/C9H10N4O2S2/c10-7-3-9(16-5-7)17(14,15)13-4-8-1-2-11-6-12-8/h1-3,5-6,13H,4,10H2. The Morgan fingerprint density at radius 1 is 1.47 bits per heavy atom. The van der Waals surface area contributed by atoms with Gasteiger partial charge in [0.25, 0.3) is 0 Å². The molecule has 2 aromatic heterocycles. The summed E-state index contributed by atoms with van der Waals surface area (Å²) in [5.74, 6) is 0. The maximum Gasteiger partial charge on any atom is 0.250 e. The number of sulfonamides is 1. The third-order valence-corrected chi connectivity index (χ3v) is 4.81. The molecule has 0 spiro atoms. The molecule has 0 aliphatic carbocycles. The van der Waals surface area contributed by atoms with Gasteiger partial charge in [-0.15, -0.1) is 11.3 Å². The summed E-state index contributed by atoms with van der Waals surface area (Å²) in [6, 6.07) is 3.07. The number of hydrogen-bond donors (Lipinski definition) is 2. The van der Waals surface area contributed by atoms with E-state index < -0.39 is 10.0 Å². The Kier molecular flexibility index (Phi) is 3.36. The molecular formula is C9H10N4O2S2. The second-order valence-electron chi connectivity index (χ2n) is 3.22. The first kappa shape index (κ1) is 12.0. The van der Waals surface area contributed by atoms with Crippen molar-refractivity contribution < 1.29 is 8.42 Å². The van der Waals surface area contributed by atoms with Crippen molar-refractivity contribution in [1.29, 1.82) is 0 Å². The van der Waals surface area contributed by atoms with Crippen LogP contribution in [-0.2, 0) is 16.6 Å².